The summed E-state index contributed by atoms with van der Waals surface area (Å²) >= 11 is 5.03. The van der Waals surface area contributed by atoms with Crippen LogP contribution in [-0.2, 0) is 6.54 Å². The molecule has 0 aliphatic carbocycles. The fourth-order valence-corrected chi connectivity index (χ4v) is 1.12. The Morgan fingerprint density at radius 1 is 1.79 bits per heavy atom. The molecule has 0 amide bonds. The van der Waals surface area contributed by atoms with E-state index in [1.165, 1.54) is 0 Å². The maximum absolute atomic E-state index is 5.03. The first-order valence-corrected chi connectivity index (χ1v) is 4.86. The molecule has 2 N–H and O–H groups in total. The van der Waals surface area contributed by atoms with Crippen molar-refractivity contribution >= 4 is 23.1 Å². The Bertz CT molecular complexity index is 318. The van der Waals surface area contributed by atoms with Crippen LogP contribution in [0.2, 0.25) is 0 Å². The minimum absolute atomic E-state index is 0.561. The van der Waals surface area contributed by atoms with Gasteiger partial charge in [0.25, 0.3) is 0 Å². The largest absolute Gasteiger partial charge is 0.359 e. The number of nitrogens with one attached hydrogen (secondary N) is 2. The third-order valence-corrected chi connectivity index (χ3v) is 1.86. The molecule has 0 aliphatic heterocycles. The Morgan fingerprint density at radius 3 is 3.14 bits per heavy atom. The van der Waals surface area contributed by atoms with Gasteiger partial charge in [0.05, 0.1) is 0 Å². The average molecular weight is 210 g/mol. The molecule has 14 heavy (non-hydrogen) atoms. The van der Waals surface area contributed by atoms with Crippen LogP contribution in [-0.4, -0.2) is 21.4 Å². The monoisotopic (exact) mass is 210 g/mol. The van der Waals surface area contributed by atoms with Crippen molar-refractivity contribution in [2.24, 2.45) is 0 Å². The predicted molar refractivity (Wildman–Crippen MR) is 62.3 cm³/mol. The molecule has 0 bridgehead atoms. The van der Waals surface area contributed by atoms with E-state index in [4.69, 9.17) is 12.2 Å². The molecule has 0 saturated heterocycles. The second-order valence-electron chi connectivity index (χ2n) is 2.68. The van der Waals surface area contributed by atoms with Gasteiger partial charge in [-0.1, -0.05) is 6.08 Å². The predicted octanol–water partition coefficient (Wildman–Crippen LogP) is 1.38. The molecule has 0 unspecified atom stereocenters. The molecular weight excluding hydrogens is 196 g/mol. The first kappa shape index (κ1) is 10.7. The first-order valence-electron chi connectivity index (χ1n) is 4.45. The number of aromatic nitrogens is 2. The molecule has 5 heteroatoms. The summed E-state index contributed by atoms with van der Waals surface area (Å²) in [6.07, 6.45) is 3.65. The molecule has 0 aromatic carbocycles. The standard InChI is InChI=1S/C9H14N4S/c1-3-6-10-9(14)11-8-5-7-13(4-2)12-8/h3,5,7H,1,4,6H2,2H3,(H2,10,11,12,14). The van der Waals surface area contributed by atoms with Gasteiger partial charge < -0.3 is 10.6 Å². The summed E-state index contributed by atoms with van der Waals surface area (Å²) in [5.41, 5.74) is 0. The molecule has 0 saturated carbocycles. The molecule has 1 heterocycles. The molecule has 0 atom stereocenters. The van der Waals surface area contributed by atoms with Crippen LogP contribution in [0.5, 0.6) is 0 Å². The highest BCUT2D eigenvalue weighted by atomic mass is 32.1. The summed E-state index contributed by atoms with van der Waals surface area (Å²) < 4.78 is 1.83. The molecule has 76 valence electrons. The van der Waals surface area contributed by atoms with Crippen LogP contribution in [0.4, 0.5) is 5.82 Å². The van der Waals surface area contributed by atoms with E-state index in [2.05, 4.69) is 22.3 Å². The number of rotatable bonds is 4. The van der Waals surface area contributed by atoms with Gasteiger partial charge in [-0.3, -0.25) is 4.68 Å². The summed E-state index contributed by atoms with van der Waals surface area (Å²) in [6.45, 7) is 7.13. The lowest BCUT2D eigenvalue weighted by Crippen LogP contribution is -2.28. The number of anilines is 1. The summed E-state index contributed by atoms with van der Waals surface area (Å²) in [7, 11) is 0. The van der Waals surface area contributed by atoms with Crippen molar-refractivity contribution in [1.29, 1.82) is 0 Å². The lowest BCUT2D eigenvalue weighted by Gasteiger charge is -2.05. The van der Waals surface area contributed by atoms with E-state index in [9.17, 15) is 0 Å². The van der Waals surface area contributed by atoms with E-state index >= 15 is 0 Å². The Labute approximate surface area is 89.0 Å². The van der Waals surface area contributed by atoms with E-state index in [-0.39, 0.29) is 0 Å². The summed E-state index contributed by atoms with van der Waals surface area (Å²) in [5, 5.41) is 10.7. The zero-order valence-corrected chi connectivity index (χ0v) is 8.97. The zero-order chi connectivity index (χ0) is 10.4. The van der Waals surface area contributed by atoms with E-state index < -0.39 is 0 Å². The van der Waals surface area contributed by atoms with E-state index in [1.807, 2.05) is 23.9 Å². The SMILES string of the molecule is C=CCNC(=S)Nc1ccn(CC)n1. The molecule has 1 rings (SSSR count). The Balaban J connectivity index is 2.43. The number of thiocarbonyl (C=S) groups is 1. The highest BCUT2D eigenvalue weighted by molar-refractivity contribution is 7.80. The van der Waals surface area contributed by atoms with E-state index in [1.54, 1.807) is 6.08 Å². The van der Waals surface area contributed by atoms with Gasteiger partial charge >= 0.3 is 0 Å². The molecule has 1 aromatic heterocycles. The second-order valence-corrected chi connectivity index (χ2v) is 3.09. The number of nitrogens with zero attached hydrogens (tertiary/aromatic N) is 2. The van der Waals surface area contributed by atoms with Crippen molar-refractivity contribution in [2.75, 3.05) is 11.9 Å². The molecule has 0 fully saturated rings. The first-order chi connectivity index (χ1) is 6.76. The van der Waals surface area contributed by atoms with Crippen LogP contribution in [0.1, 0.15) is 6.92 Å². The lowest BCUT2D eigenvalue weighted by molar-refractivity contribution is 0.662. The van der Waals surface area contributed by atoms with Crippen LogP contribution < -0.4 is 10.6 Å². The molecular formula is C9H14N4S. The van der Waals surface area contributed by atoms with Crippen LogP contribution in [0.15, 0.2) is 24.9 Å². The Morgan fingerprint density at radius 2 is 2.57 bits per heavy atom. The van der Waals surface area contributed by atoms with Crippen molar-refractivity contribution in [1.82, 2.24) is 15.1 Å². The molecule has 1 aromatic rings. The topological polar surface area (TPSA) is 41.9 Å². The van der Waals surface area contributed by atoms with Crippen molar-refractivity contribution < 1.29 is 0 Å². The minimum Gasteiger partial charge on any atom is -0.359 e. The maximum atomic E-state index is 5.03. The summed E-state index contributed by atoms with van der Waals surface area (Å²) in [4.78, 5) is 0. The van der Waals surface area contributed by atoms with Gasteiger partial charge in [0, 0.05) is 25.4 Å². The average Bonchev–Trinajstić information content (AvgIpc) is 2.62. The van der Waals surface area contributed by atoms with Crippen LogP contribution in [0.25, 0.3) is 0 Å². The second kappa shape index (κ2) is 5.39. The maximum Gasteiger partial charge on any atom is 0.172 e. The Hall–Kier alpha value is -1.36. The molecule has 0 radical (unpaired) electrons. The third-order valence-electron chi connectivity index (χ3n) is 1.61. The van der Waals surface area contributed by atoms with Gasteiger partial charge in [0.1, 0.15) is 0 Å². The summed E-state index contributed by atoms with van der Waals surface area (Å²) in [5.74, 6) is 0.758. The zero-order valence-electron chi connectivity index (χ0n) is 8.16. The number of aryl methyl sites for hydroxylation is 1. The van der Waals surface area contributed by atoms with Crippen molar-refractivity contribution in [2.45, 2.75) is 13.5 Å². The highest BCUT2D eigenvalue weighted by Gasteiger charge is 1.98. The van der Waals surface area contributed by atoms with Crippen molar-refractivity contribution in [3.63, 3.8) is 0 Å². The van der Waals surface area contributed by atoms with Gasteiger partial charge in [0.2, 0.25) is 0 Å². The quantitative estimate of drug-likeness (QED) is 0.582. The fraction of sp³-hybridized carbons (Fsp3) is 0.333. The molecule has 0 aliphatic rings. The van der Waals surface area contributed by atoms with Gasteiger partial charge in [-0.15, -0.1) is 6.58 Å². The van der Waals surface area contributed by atoms with Gasteiger partial charge in [-0.25, -0.2) is 0 Å². The summed E-state index contributed by atoms with van der Waals surface area (Å²) in [6, 6.07) is 1.88. The number of hydrogen-bond acceptors (Lipinski definition) is 2. The number of hydrogen-bond donors (Lipinski definition) is 2. The minimum atomic E-state index is 0.561. The lowest BCUT2D eigenvalue weighted by atomic mass is 10.6. The normalized spacial score (nSPS) is 9.50. The fourth-order valence-electron chi connectivity index (χ4n) is 0.930. The third kappa shape index (κ3) is 3.18. The molecule has 4 nitrogen and oxygen atoms in total. The Kier molecular flexibility index (Phi) is 4.12. The van der Waals surface area contributed by atoms with E-state index in [0.717, 1.165) is 12.4 Å². The molecule has 0 spiro atoms. The van der Waals surface area contributed by atoms with Gasteiger partial charge in [-0.2, -0.15) is 5.10 Å². The smallest absolute Gasteiger partial charge is 0.172 e. The van der Waals surface area contributed by atoms with E-state index in [0.29, 0.717) is 11.7 Å². The van der Waals surface area contributed by atoms with Gasteiger partial charge in [0.15, 0.2) is 10.9 Å². The van der Waals surface area contributed by atoms with Gasteiger partial charge in [-0.05, 0) is 19.1 Å². The van der Waals surface area contributed by atoms with Crippen molar-refractivity contribution in [3.05, 3.63) is 24.9 Å². The van der Waals surface area contributed by atoms with Crippen LogP contribution in [0.3, 0.4) is 0 Å². The highest BCUT2D eigenvalue weighted by Crippen LogP contribution is 2.01. The van der Waals surface area contributed by atoms with Crippen LogP contribution >= 0.6 is 12.2 Å². The van der Waals surface area contributed by atoms with Crippen LogP contribution in [0, 0.1) is 0 Å². The van der Waals surface area contributed by atoms with Crippen molar-refractivity contribution in [3.8, 4) is 0 Å².